The van der Waals surface area contributed by atoms with Gasteiger partial charge in [-0.1, -0.05) is 12.1 Å². The number of benzene rings is 2. The molecule has 2 aliphatic heterocycles. The summed E-state index contributed by atoms with van der Waals surface area (Å²) in [5, 5.41) is 20.4. The Hall–Kier alpha value is -2.11. The minimum Gasteiger partial charge on any atom is -0.508 e. The van der Waals surface area contributed by atoms with Crippen molar-refractivity contribution in [3.8, 4) is 11.5 Å². The molecular formula is C21H24FNO3. The van der Waals surface area contributed by atoms with E-state index in [2.05, 4.69) is 4.90 Å². The third-order valence-electron chi connectivity index (χ3n) is 5.48. The van der Waals surface area contributed by atoms with Gasteiger partial charge in [-0.25, -0.2) is 4.39 Å². The number of aliphatic hydroxyl groups is 1. The highest BCUT2D eigenvalue weighted by atomic mass is 19.1. The molecule has 1 atom stereocenters. The lowest BCUT2D eigenvalue weighted by atomic mass is 9.85. The number of ether oxygens (including phenoxy) is 1. The van der Waals surface area contributed by atoms with E-state index in [1.165, 1.54) is 12.1 Å². The van der Waals surface area contributed by atoms with E-state index in [-0.39, 0.29) is 17.7 Å². The van der Waals surface area contributed by atoms with Gasteiger partial charge in [0.25, 0.3) is 0 Å². The molecule has 2 aliphatic rings. The first-order valence-electron chi connectivity index (χ1n) is 9.17. The first kappa shape index (κ1) is 17.3. The Balaban J connectivity index is 1.29. The SMILES string of the molecule is Oc1ccc2c(c1)CC(CN1CCC(O)(Cc3ccc(F)cc3)CC1)O2. The van der Waals surface area contributed by atoms with Crippen LogP contribution in [0, 0.1) is 5.82 Å². The van der Waals surface area contributed by atoms with Gasteiger partial charge in [0, 0.05) is 38.0 Å². The number of hydrogen-bond acceptors (Lipinski definition) is 4. The van der Waals surface area contributed by atoms with Crippen LogP contribution >= 0.6 is 0 Å². The Labute approximate surface area is 152 Å². The van der Waals surface area contributed by atoms with Gasteiger partial charge in [-0.2, -0.15) is 0 Å². The molecule has 0 aromatic heterocycles. The summed E-state index contributed by atoms with van der Waals surface area (Å²) in [5.74, 6) is 0.885. The molecule has 0 radical (unpaired) electrons. The predicted octanol–water partition coefficient (Wildman–Crippen LogP) is 2.90. The summed E-state index contributed by atoms with van der Waals surface area (Å²) in [6, 6.07) is 11.6. The van der Waals surface area contributed by atoms with Crippen molar-refractivity contribution in [1.82, 2.24) is 4.90 Å². The average Bonchev–Trinajstić information content (AvgIpc) is 3.01. The van der Waals surface area contributed by atoms with Gasteiger partial charge in [-0.15, -0.1) is 0 Å². The van der Waals surface area contributed by atoms with Crippen LogP contribution in [-0.4, -0.2) is 46.5 Å². The number of phenols is 1. The van der Waals surface area contributed by atoms with Crippen LogP contribution < -0.4 is 4.74 Å². The van der Waals surface area contributed by atoms with Gasteiger partial charge >= 0.3 is 0 Å². The molecule has 4 rings (SSSR count). The van der Waals surface area contributed by atoms with Crippen molar-refractivity contribution in [2.24, 2.45) is 0 Å². The summed E-state index contributed by atoms with van der Waals surface area (Å²) in [5.41, 5.74) is 1.30. The van der Waals surface area contributed by atoms with Crippen LogP contribution in [0.1, 0.15) is 24.0 Å². The summed E-state index contributed by atoms with van der Waals surface area (Å²) in [6.45, 7) is 2.46. The zero-order chi connectivity index (χ0) is 18.1. The second-order valence-electron chi connectivity index (χ2n) is 7.56. The number of rotatable bonds is 4. The van der Waals surface area contributed by atoms with Crippen molar-refractivity contribution in [3.05, 3.63) is 59.4 Å². The second-order valence-corrected chi connectivity index (χ2v) is 7.56. The van der Waals surface area contributed by atoms with Gasteiger partial charge in [0.2, 0.25) is 0 Å². The van der Waals surface area contributed by atoms with Crippen LogP contribution in [0.25, 0.3) is 0 Å². The van der Waals surface area contributed by atoms with Crippen LogP contribution in [0.2, 0.25) is 0 Å². The lowest BCUT2D eigenvalue weighted by Crippen LogP contribution is -2.48. The van der Waals surface area contributed by atoms with E-state index in [1.807, 2.05) is 6.07 Å². The Morgan fingerprint density at radius 3 is 2.58 bits per heavy atom. The molecule has 0 spiro atoms. The van der Waals surface area contributed by atoms with Gasteiger partial charge in [-0.3, -0.25) is 4.90 Å². The Morgan fingerprint density at radius 2 is 1.85 bits per heavy atom. The normalized spacial score (nSPS) is 22.0. The van der Waals surface area contributed by atoms with Crippen molar-refractivity contribution in [1.29, 1.82) is 0 Å². The van der Waals surface area contributed by atoms with Gasteiger partial charge in [0.15, 0.2) is 0 Å². The molecule has 5 heteroatoms. The van der Waals surface area contributed by atoms with E-state index >= 15 is 0 Å². The summed E-state index contributed by atoms with van der Waals surface area (Å²) in [6.07, 6.45) is 2.86. The highest BCUT2D eigenvalue weighted by Gasteiger charge is 2.34. The molecular weight excluding hydrogens is 333 g/mol. The maximum atomic E-state index is 13.0. The molecule has 2 N–H and O–H groups in total. The third kappa shape index (κ3) is 3.84. The number of piperidine rings is 1. The zero-order valence-corrected chi connectivity index (χ0v) is 14.7. The number of hydrogen-bond donors (Lipinski definition) is 2. The Morgan fingerprint density at radius 1 is 1.12 bits per heavy atom. The van der Waals surface area contributed by atoms with Crippen LogP contribution in [0.5, 0.6) is 11.5 Å². The van der Waals surface area contributed by atoms with Crippen LogP contribution in [-0.2, 0) is 12.8 Å². The zero-order valence-electron chi connectivity index (χ0n) is 14.7. The number of nitrogens with zero attached hydrogens (tertiary/aromatic N) is 1. The monoisotopic (exact) mass is 357 g/mol. The molecule has 0 bridgehead atoms. The highest BCUT2D eigenvalue weighted by molar-refractivity contribution is 5.42. The number of aromatic hydroxyl groups is 1. The van der Waals surface area contributed by atoms with E-state index in [9.17, 15) is 14.6 Å². The minimum absolute atomic E-state index is 0.0927. The first-order chi connectivity index (χ1) is 12.5. The smallest absolute Gasteiger partial charge is 0.123 e. The standard InChI is InChI=1S/C21H24FNO3/c22-17-3-1-15(2-4-17)13-21(25)7-9-23(10-8-21)14-19-12-16-11-18(24)5-6-20(16)26-19/h1-6,11,19,24-25H,7-10,12-14H2. The quantitative estimate of drug-likeness (QED) is 0.883. The van der Waals surface area contributed by atoms with Crippen molar-refractivity contribution >= 4 is 0 Å². The fraction of sp³-hybridized carbons (Fsp3) is 0.429. The molecule has 1 unspecified atom stereocenters. The van der Waals surface area contributed by atoms with Crippen molar-refractivity contribution in [2.75, 3.05) is 19.6 Å². The lowest BCUT2D eigenvalue weighted by Gasteiger charge is -2.39. The third-order valence-corrected chi connectivity index (χ3v) is 5.48. The van der Waals surface area contributed by atoms with E-state index < -0.39 is 5.60 Å². The number of fused-ring (bicyclic) bond motifs is 1. The molecule has 26 heavy (non-hydrogen) atoms. The van der Waals surface area contributed by atoms with Crippen molar-refractivity contribution in [2.45, 2.75) is 37.4 Å². The van der Waals surface area contributed by atoms with Crippen molar-refractivity contribution < 1.29 is 19.3 Å². The largest absolute Gasteiger partial charge is 0.508 e. The van der Waals surface area contributed by atoms with Crippen LogP contribution in [0.3, 0.4) is 0 Å². The molecule has 138 valence electrons. The topological polar surface area (TPSA) is 52.9 Å². The molecule has 2 heterocycles. The number of phenolic OH excluding ortho intramolecular Hbond substituents is 1. The maximum absolute atomic E-state index is 13.0. The summed E-state index contributed by atoms with van der Waals surface area (Å²) in [4.78, 5) is 2.33. The first-order valence-corrected chi connectivity index (χ1v) is 9.17. The van der Waals surface area contributed by atoms with Gasteiger partial charge < -0.3 is 14.9 Å². The van der Waals surface area contributed by atoms with Gasteiger partial charge in [0.1, 0.15) is 23.4 Å². The molecule has 0 amide bonds. The predicted molar refractivity (Wildman–Crippen MR) is 97.0 cm³/mol. The maximum Gasteiger partial charge on any atom is 0.123 e. The fourth-order valence-electron chi connectivity index (χ4n) is 4.01. The minimum atomic E-state index is -0.723. The highest BCUT2D eigenvalue weighted by Crippen LogP contribution is 2.33. The summed E-state index contributed by atoms with van der Waals surface area (Å²) >= 11 is 0. The van der Waals surface area contributed by atoms with Crippen LogP contribution in [0.4, 0.5) is 4.39 Å². The van der Waals surface area contributed by atoms with E-state index in [0.29, 0.717) is 19.3 Å². The fourth-order valence-corrected chi connectivity index (χ4v) is 4.01. The van der Waals surface area contributed by atoms with Gasteiger partial charge in [0.05, 0.1) is 5.60 Å². The molecule has 0 aliphatic carbocycles. The number of likely N-dealkylation sites (tertiary alicyclic amines) is 1. The number of halogens is 1. The summed E-state index contributed by atoms with van der Waals surface area (Å²) in [7, 11) is 0. The Kier molecular flexibility index (Phi) is 4.59. The molecule has 1 saturated heterocycles. The Bertz CT molecular complexity index is 769. The molecule has 2 aromatic rings. The summed E-state index contributed by atoms with van der Waals surface area (Å²) < 4.78 is 19.0. The van der Waals surface area contributed by atoms with Crippen molar-refractivity contribution in [3.63, 3.8) is 0 Å². The van der Waals surface area contributed by atoms with E-state index in [0.717, 1.165) is 42.9 Å². The van der Waals surface area contributed by atoms with Gasteiger partial charge in [-0.05, 0) is 48.7 Å². The lowest BCUT2D eigenvalue weighted by molar-refractivity contribution is -0.0265. The molecule has 0 saturated carbocycles. The van der Waals surface area contributed by atoms with E-state index in [1.54, 1.807) is 24.3 Å². The molecule has 1 fully saturated rings. The second kappa shape index (κ2) is 6.89. The van der Waals surface area contributed by atoms with Crippen LogP contribution in [0.15, 0.2) is 42.5 Å². The van der Waals surface area contributed by atoms with E-state index in [4.69, 9.17) is 4.74 Å². The average molecular weight is 357 g/mol. The molecule has 2 aromatic carbocycles. The molecule has 4 nitrogen and oxygen atoms in total.